The van der Waals surface area contributed by atoms with Gasteiger partial charge in [0, 0.05) is 24.2 Å². The van der Waals surface area contributed by atoms with Crippen LogP contribution in [0.2, 0.25) is 10.0 Å². The van der Waals surface area contributed by atoms with Gasteiger partial charge in [-0.05, 0) is 35.4 Å². The van der Waals surface area contributed by atoms with Gasteiger partial charge in [-0.25, -0.2) is 0 Å². The first-order chi connectivity index (χ1) is 20.1. The number of hydrogen-bond donors (Lipinski definition) is 2. The Labute approximate surface area is 262 Å². The van der Waals surface area contributed by atoms with Crippen molar-refractivity contribution in [2.45, 2.75) is 43.4 Å². The number of allylic oxidation sites excluding steroid dienone is 3. The van der Waals surface area contributed by atoms with Crippen LogP contribution in [0.3, 0.4) is 0 Å². The molecule has 12 heteroatoms. The first-order valence-corrected chi connectivity index (χ1v) is 15.8. The molecule has 42 heavy (non-hydrogen) atoms. The predicted octanol–water partition coefficient (Wildman–Crippen LogP) is 6.24. The van der Waals surface area contributed by atoms with Gasteiger partial charge in [0.25, 0.3) is 0 Å². The van der Waals surface area contributed by atoms with Crippen molar-refractivity contribution < 1.29 is 9.59 Å². The van der Waals surface area contributed by atoms with Gasteiger partial charge in [0.1, 0.15) is 5.82 Å². The fourth-order valence-corrected chi connectivity index (χ4v) is 7.43. The van der Waals surface area contributed by atoms with Gasteiger partial charge in [-0.3, -0.25) is 14.5 Å². The van der Waals surface area contributed by atoms with Gasteiger partial charge < -0.3 is 11.1 Å². The number of hydrogen-bond acceptors (Lipinski definition) is 9. The second-order valence-electron chi connectivity index (χ2n) is 10.8. The molecule has 2 aromatic carbocycles. The molecular formula is C30H28Cl2N6O2S2. The number of carbonyl (C=O) groups is 2. The highest BCUT2D eigenvalue weighted by molar-refractivity contribution is 8.01. The minimum absolute atomic E-state index is 0.0844. The third kappa shape index (κ3) is 6.20. The lowest BCUT2D eigenvalue weighted by molar-refractivity contribution is -0.119. The Morgan fingerprint density at radius 3 is 2.69 bits per heavy atom. The van der Waals surface area contributed by atoms with Crippen LogP contribution in [-0.4, -0.2) is 34.2 Å². The molecule has 0 fully saturated rings. The third-order valence-corrected chi connectivity index (χ3v) is 10.0. The lowest BCUT2D eigenvalue weighted by Crippen LogP contribution is -2.42. The van der Waals surface area contributed by atoms with Crippen molar-refractivity contribution in [3.05, 3.63) is 92.4 Å². The molecule has 1 atom stereocenters. The molecule has 1 aliphatic carbocycles. The second kappa shape index (κ2) is 12.5. The number of amides is 1. The van der Waals surface area contributed by atoms with Gasteiger partial charge >= 0.3 is 0 Å². The SMILES string of the molecule is CC1(C)CC(=O)C2=C(C1)N(c1nnc(SCC(=O)NCCc3ccccc3)s1)C(N)=C(C#N)C2c1cccc(Cl)c1Cl. The van der Waals surface area contributed by atoms with E-state index in [9.17, 15) is 14.9 Å². The Hall–Kier alpha value is -3.36. The van der Waals surface area contributed by atoms with Gasteiger partial charge in [-0.1, -0.05) is 103 Å². The first-order valence-electron chi connectivity index (χ1n) is 13.3. The van der Waals surface area contributed by atoms with E-state index in [-0.39, 0.29) is 39.3 Å². The molecule has 0 saturated carbocycles. The molecule has 2 heterocycles. The van der Waals surface area contributed by atoms with Crippen LogP contribution >= 0.6 is 46.3 Å². The van der Waals surface area contributed by atoms with Crippen LogP contribution in [0, 0.1) is 16.7 Å². The summed E-state index contributed by atoms with van der Waals surface area (Å²) in [6.07, 6.45) is 1.58. The molecule has 0 spiro atoms. The zero-order valence-electron chi connectivity index (χ0n) is 23.0. The smallest absolute Gasteiger partial charge is 0.230 e. The number of ketones is 1. The van der Waals surface area contributed by atoms with Gasteiger partial charge in [-0.2, -0.15) is 5.26 Å². The molecule has 216 valence electrons. The van der Waals surface area contributed by atoms with Crippen LogP contribution in [0.4, 0.5) is 5.13 Å². The maximum absolute atomic E-state index is 13.7. The molecule has 5 rings (SSSR count). The number of Topliss-reactive ketones (excluding diaryl/α,β-unsaturated/α-hetero) is 1. The molecule has 3 aromatic rings. The number of nitriles is 1. The Kier molecular flexibility index (Phi) is 8.94. The largest absolute Gasteiger partial charge is 0.384 e. The Morgan fingerprint density at radius 1 is 1.19 bits per heavy atom. The lowest BCUT2D eigenvalue weighted by Gasteiger charge is -2.42. The number of nitrogens with zero attached hydrogens (tertiary/aromatic N) is 4. The number of nitrogens with two attached hydrogens (primary N) is 1. The molecule has 1 aliphatic heterocycles. The van der Waals surface area contributed by atoms with E-state index in [0.29, 0.717) is 50.7 Å². The van der Waals surface area contributed by atoms with Crippen LogP contribution in [-0.2, 0) is 16.0 Å². The molecule has 8 nitrogen and oxygen atoms in total. The minimum atomic E-state index is -0.752. The average Bonchev–Trinajstić information content (AvgIpc) is 3.41. The van der Waals surface area contributed by atoms with E-state index in [1.807, 2.05) is 44.2 Å². The number of rotatable bonds is 8. The molecular weight excluding hydrogens is 611 g/mol. The maximum Gasteiger partial charge on any atom is 0.230 e. The van der Waals surface area contributed by atoms with Crippen LogP contribution in [0.5, 0.6) is 0 Å². The highest BCUT2D eigenvalue weighted by Gasteiger charge is 2.46. The fourth-order valence-electron chi connectivity index (χ4n) is 5.30. The summed E-state index contributed by atoms with van der Waals surface area (Å²) >= 11 is 15.5. The van der Waals surface area contributed by atoms with Gasteiger partial charge in [-0.15, -0.1) is 10.2 Å². The number of carbonyl (C=O) groups excluding carboxylic acids is 2. The van der Waals surface area contributed by atoms with Crippen molar-refractivity contribution in [3.63, 3.8) is 0 Å². The van der Waals surface area contributed by atoms with E-state index >= 15 is 0 Å². The van der Waals surface area contributed by atoms with E-state index in [1.54, 1.807) is 23.1 Å². The summed E-state index contributed by atoms with van der Waals surface area (Å²) in [5.74, 6) is -0.611. The summed E-state index contributed by atoms with van der Waals surface area (Å²) in [6.45, 7) is 4.58. The van der Waals surface area contributed by atoms with Gasteiger partial charge in [0.15, 0.2) is 10.1 Å². The number of anilines is 1. The Bertz CT molecular complexity index is 1640. The molecule has 0 bridgehead atoms. The van der Waals surface area contributed by atoms with Crippen LogP contribution in [0.1, 0.15) is 43.7 Å². The number of aromatic nitrogens is 2. The monoisotopic (exact) mass is 638 g/mol. The zero-order chi connectivity index (χ0) is 30.0. The van der Waals surface area contributed by atoms with Crippen molar-refractivity contribution in [1.29, 1.82) is 5.26 Å². The number of benzene rings is 2. The van der Waals surface area contributed by atoms with E-state index in [4.69, 9.17) is 28.9 Å². The molecule has 0 saturated heterocycles. The van der Waals surface area contributed by atoms with Gasteiger partial charge in [0.05, 0.1) is 33.4 Å². The number of nitrogens with one attached hydrogen (secondary N) is 1. The van der Waals surface area contributed by atoms with Crippen molar-refractivity contribution in [3.8, 4) is 6.07 Å². The Balaban J connectivity index is 1.41. The van der Waals surface area contributed by atoms with Crippen molar-refractivity contribution in [2.75, 3.05) is 17.2 Å². The summed E-state index contributed by atoms with van der Waals surface area (Å²) in [4.78, 5) is 27.8. The summed E-state index contributed by atoms with van der Waals surface area (Å²) in [5, 5.41) is 22.9. The fraction of sp³-hybridized carbons (Fsp3) is 0.300. The van der Waals surface area contributed by atoms with Gasteiger partial charge in [0.2, 0.25) is 11.0 Å². The lowest BCUT2D eigenvalue weighted by atomic mass is 9.68. The zero-order valence-corrected chi connectivity index (χ0v) is 26.1. The van der Waals surface area contributed by atoms with E-state index in [2.05, 4.69) is 21.6 Å². The molecule has 1 unspecified atom stereocenters. The highest BCUT2D eigenvalue weighted by Crippen LogP contribution is 2.52. The van der Waals surface area contributed by atoms with Crippen molar-refractivity contribution in [2.24, 2.45) is 11.1 Å². The molecule has 2 aliphatic rings. The normalized spacial score (nSPS) is 18.1. The van der Waals surface area contributed by atoms with Crippen LogP contribution < -0.4 is 16.0 Å². The predicted molar refractivity (Wildman–Crippen MR) is 167 cm³/mol. The minimum Gasteiger partial charge on any atom is -0.384 e. The van der Waals surface area contributed by atoms with Crippen LogP contribution in [0.25, 0.3) is 0 Å². The summed E-state index contributed by atoms with van der Waals surface area (Å²) in [6, 6.07) is 17.3. The Morgan fingerprint density at radius 2 is 1.95 bits per heavy atom. The van der Waals surface area contributed by atoms with Crippen molar-refractivity contribution >= 4 is 63.1 Å². The van der Waals surface area contributed by atoms with E-state index in [1.165, 1.54) is 23.1 Å². The van der Waals surface area contributed by atoms with Crippen LogP contribution in [0.15, 0.2) is 75.5 Å². The number of halogens is 2. The summed E-state index contributed by atoms with van der Waals surface area (Å²) in [5.41, 5.74) is 9.37. The topological polar surface area (TPSA) is 125 Å². The molecule has 0 radical (unpaired) electrons. The maximum atomic E-state index is 13.7. The molecule has 3 N–H and O–H groups in total. The second-order valence-corrected chi connectivity index (χ2v) is 13.8. The summed E-state index contributed by atoms with van der Waals surface area (Å²) < 4.78 is 0.568. The first kappa shape index (κ1) is 30.1. The number of thioether (sulfide) groups is 1. The molecule has 1 aromatic heterocycles. The quantitative estimate of drug-likeness (QED) is 0.278. The van der Waals surface area contributed by atoms with E-state index in [0.717, 1.165) is 12.0 Å². The summed E-state index contributed by atoms with van der Waals surface area (Å²) in [7, 11) is 0. The molecule has 1 amide bonds. The van der Waals surface area contributed by atoms with E-state index < -0.39 is 5.92 Å². The third-order valence-electron chi connectivity index (χ3n) is 7.17. The standard InChI is InChI=1S/C30H28Cl2N6O2S2/c1-30(2)13-21-25(22(39)14-30)24(18-9-6-10-20(31)26(18)32)19(15-33)27(34)38(21)28-36-37-29(42-28)41-16-23(40)35-12-11-17-7-4-3-5-8-17/h3-10,24H,11-14,16,34H2,1-2H3,(H,35,40). The van der Waals surface area contributed by atoms with Crippen molar-refractivity contribution in [1.82, 2.24) is 15.5 Å². The average molecular weight is 640 g/mol. The highest BCUT2D eigenvalue weighted by atomic mass is 35.5.